The molecule has 0 radical (unpaired) electrons. The number of hydrogen-bond acceptors (Lipinski definition) is 9. The summed E-state index contributed by atoms with van der Waals surface area (Å²) in [6, 6.07) is 6.80. The third kappa shape index (κ3) is 5.64. The Morgan fingerprint density at radius 1 is 1.12 bits per heavy atom. The molecule has 0 aliphatic carbocycles. The van der Waals surface area contributed by atoms with Crippen LogP contribution in [0.1, 0.15) is 19.3 Å². The van der Waals surface area contributed by atoms with Gasteiger partial charge in [0.15, 0.2) is 11.0 Å². The van der Waals surface area contributed by atoms with Gasteiger partial charge in [-0.25, -0.2) is 37.1 Å². The highest BCUT2D eigenvalue weighted by molar-refractivity contribution is 7.92. The maximum absolute atomic E-state index is 14.2. The minimum atomic E-state index is -4.47. The number of sulfonamides is 1. The van der Waals surface area contributed by atoms with Crippen molar-refractivity contribution in [2.75, 3.05) is 23.2 Å². The quantitative estimate of drug-likeness (QED) is 0.275. The normalized spacial score (nSPS) is 15.7. The van der Waals surface area contributed by atoms with Crippen molar-refractivity contribution in [2.45, 2.75) is 30.3 Å². The van der Waals surface area contributed by atoms with Gasteiger partial charge in [-0.3, -0.25) is 9.52 Å². The molecule has 1 aromatic carbocycles. The summed E-state index contributed by atoms with van der Waals surface area (Å²) >= 11 is 6.13. The lowest BCUT2D eigenvalue weighted by Crippen LogP contribution is -2.49. The molecule has 4 heterocycles. The van der Waals surface area contributed by atoms with Crippen molar-refractivity contribution in [2.24, 2.45) is 0 Å². The summed E-state index contributed by atoms with van der Waals surface area (Å²) < 4.78 is 55.2. The number of aliphatic hydroxyl groups is 1. The topological polar surface area (TPSA) is 150 Å². The lowest BCUT2D eigenvalue weighted by atomic mass is 10.1. The lowest BCUT2D eigenvalue weighted by molar-refractivity contribution is -0.137. The molecular weight excluding hydrogens is 568 g/mol. The number of pyridine rings is 2. The number of amides is 1. The van der Waals surface area contributed by atoms with E-state index in [0.29, 0.717) is 47.1 Å². The average molecular weight is 590 g/mol. The summed E-state index contributed by atoms with van der Waals surface area (Å²) in [6.45, 7) is -0.107. The number of likely N-dealkylation sites (tertiary alicyclic amines) is 1. The second-order valence-electron chi connectivity index (χ2n) is 8.93. The number of anilines is 2. The van der Waals surface area contributed by atoms with Crippen molar-refractivity contribution in [3.8, 4) is 11.3 Å². The first-order valence-electron chi connectivity index (χ1n) is 12.1. The van der Waals surface area contributed by atoms with E-state index in [0.717, 1.165) is 25.0 Å². The van der Waals surface area contributed by atoms with Crippen molar-refractivity contribution < 1.29 is 27.1 Å². The zero-order valence-electron chi connectivity index (χ0n) is 20.7. The molecule has 208 valence electrons. The molecule has 1 atom stereocenters. The number of rotatable bonds is 7. The molecule has 1 aliphatic heterocycles. The summed E-state index contributed by atoms with van der Waals surface area (Å²) in [5.74, 6) is -2.22. The fourth-order valence-electron chi connectivity index (χ4n) is 4.39. The van der Waals surface area contributed by atoms with E-state index in [1.807, 2.05) is 0 Å². The molecule has 3 N–H and O–H groups in total. The van der Waals surface area contributed by atoms with Gasteiger partial charge in [-0.1, -0.05) is 11.6 Å². The predicted octanol–water partition coefficient (Wildman–Crippen LogP) is 3.56. The van der Waals surface area contributed by atoms with Gasteiger partial charge >= 0.3 is 0 Å². The van der Waals surface area contributed by atoms with Gasteiger partial charge in [-0.05, 0) is 49.6 Å². The van der Waals surface area contributed by atoms with Gasteiger partial charge in [0, 0.05) is 24.4 Å². The minimum absolute atomic E-state index is 0.146. The number of carbonyl (C=O) groups excluding carboxylic acids is 1. The van der Waals surface area contributed by atoms with E-state index in [1.165, 1.54) is 18.6 Å². The number of hydrogen-bond donors (Lipinski definition) is 3. The van der Waals surface area contributed by atoms with Crippen LogP contribution in [-0.2, 0) is 14.8 Å². The first-order chi connectivity index (χ1) is 19.2. The molecule has 5 rings (SSSR count). The number of carbonyl (C=O) groups is 1. The van der Waals surface area contributed by atoms with Crippen LogP contribution in [0, 0.1) is 11.6 Å². The first kappa shape index (κ1) is 27.6. The van der Waals surface area contributed by atoms with E-state index >= 15 is 0 Å². The molecule has 1 fully saturated rings. The second kappa shape index (κ2) is 11.2. The van der Waals surface area contributed by atoms with Crippen LogP contribution in [-0.4, -0.2) is 63.6 Å². The van der Waals surface area contributed by atoms with Gasteiger partial charge in [0.05, 0.1) is 16.9 Å². The highest BCUT2D eigenvalue weighted by Gasteiger charge is 2.27. The molecule has 1 amide bonds. The highest BCUT2D eigenvalue weighted by Crippen LogP contribution is 2.30. The number of aromatic nitrogens is 4. The van der Waals surface area contributed by atoms with E-state index in [-0.39, 0.29) is 10.8 Å². The number of fused-ring (bicyclic) bond motifs is 1. The fourth-order valence-corrected chi connectivity index (χ4v) is 5.71. The fraction of sp³-hybridized carbons (Fsp3) is 0.240. The second-order valence-corrected chi connectivity index (χ2v) is 10.9. The van der Waals surface area contributed by atoms with Crippen LogP contribution in [0.4, 0.5) is 20.3 Å². The van der Waals surface area contributed by atoms with Crippen LogP contribution >= 0.6 is 11.6 Å². The summed E-state index contributed by atoms with van der Waals surface area (Å²) in [5.41, 5.74) is 1.48. The molecule has 15 heteroatoms. The van der Waals surface area contributed by atoms with Gasteiger partial charge in [-0.2, -0.15) is 0 Å². The largest absolute Gasteiger partial charge is 0.387 e. The zero-order valence-corrected chi connectivity index (χ0v) is 22.3. The maximum atomic E-state index is 14.2. The molecular formula is C25H22ClF2N7O4S. The minimum Gasteiger partial charge on any atom is -0.387 e. The van der Waals surface area contributed by atoms with Crippen molar-refractivity contribution >= 4 is 50.1 Å². The predicted molar refractivity (Wildman–Crippen MR) is 143 cm³/mol. The number of benzene rings is 1. The Kier molecular flexibility index (Phi) is 7.74. The molecule has 0 bridgehead atoms. The van der Waals surface area contributed by atoms with Crippen LogP contribution in [0.5, 0.6) is 0 Å². The van der Waals surface area contributed by atoms with Gasteiger partial charge < -0.3 is 15.3 Å². The van der Waals surface area contributed by atoms with E-state index in [1.54, 1.807) is 17.0 Å². The Morgan fingerprint density at radius 3 is 2.73 bits per heavy atom. The van der Waals surface area contributed by atoms with Crippen LogP contribution < -0.4 is 10.0 Å². The average Bonchev–Trinajstić information content (AvgIpc) is 2.94. The highest BCUT2D eigenvalue weighted by atomic mass is 35.5. The number of halogens is 3. The monoisotopic (exact) mass is 589 g/mol. The third-order valence-electron chi connectivity index (χ3n) is 6.31. The van der Waals surface area contributed by atoms with E-state index < -0.39 is 45.2 Å². The molecule has 40 heavy (non-hydrogen) atoms. The van der Waals surface area contributed by atoms with Crippen LogP contribution in [0.25, 0.3) is 22.3 Å². The SMILES string of the molecule is O=C(CO)N1CCCCC1Nc1ncnc2ccc(-c3cnc(Cl)c(NS(=O)(=O)c4ccc(F)cc4F)c3)nc12. The Hall–Kier alpha value is -4.01. The summed E-state index contributed by atoms with van der Waals surface area (Å²) in [7, 11) is -4.47. The Bertz CT molecular complexity index is 1710. The molecule has 1 aliphatic rings. The Balaban J connectivity index is 1.48. The molecule has 1 unspecified atom stereocenters. The summed E-state index contributed by atoms with van der Waals surface area (Å²) in [5, 5.41) is 12.4. The van der Waals surface area contributed by atoms with Crippen molar-refractivity contribution in [3.63, 3.8) is 0 Å². The maximum Gasteiger partial charge on any atom is 0.264 e. The number of piperidine rings is 1. The molecule has 1 saturated heterocycles. The Morgan fingerprint density at radius 2 is 1.95 bits per heavy atom. The molecule has 0 spiro atoms. The number of nitrogens with zero attached hydrogens (tertiary/aromatic N) is 5. The summed E-state index contributed by atoms with van der Waals surface area (Å²) in [4.78, 5) is 30.3. The molecule has 0 saturated carbocycles. The van der Waals surface area contributed by atoms with E-state index in [2.05, 4.69) is 30.0 Å². The van der Waals surface area contributed by atoms with E-state index in [9.17, 15) is 27.1 Å². The Labute approximate surface area is 232 Å². The number of nitrogens with one attached hydrogen (secondary N) is 2. The lowest BCUT2D eigenvalue weighted by Gasteiger charge is -2.36. The first-order valence-corrected chi connectivity index (χ1v) is 13.9. The summed E-state index contributed by atoms with van der Waals surface area (Å²) in [6.07, 6.45) is 4.69. The van der Waals surface area contributed by atoms with Gasteiger partial charge in [0.25, 0.3) is 10.0 Å². The number of aliphatic hydroxyl groups excluding tert-OH is 1. The third-order valence-corrected chi connectivity index (χ3v) is 8.01. The van der Waals surface area contributed by atoms with Crippen LogP contribution in [0.2, 0.25) is 5.15 Å². The van der Waals surface area contributed by atoms with Crippen molar-refractivity contribution in [1.82, 2.24) is 24.8 Å². The van der Waals surface area contributed by atoms with Crippen molar-refractivity contribution in [3.05, 3.63) is 65.7 Å². The van der Waals surface area contributed by atoms with E-state index in [4.69, 9.17) is 11.6 Å². The van der Waals surface area contributed by atoms with Gasteiger partial charge in [0.1, 0.15) is 41.1 Å². The van der Waals surface area contributed by atoms with Gasteiger partial charge in [-0.15, -0.1) is 0 Å². The zero-order chi connectivity index (χ0) is 28.4. The van der Waals surface area contributed by atoms with Crippen LogP contribution in [0.15, 0.2) is 53.8 Å². The van der Waals surface area contributed by atoms with Crippen molar-refractivity contribution in [1.29, 1.82) is 0 Å². The van der Waals surface area contributed by atoms with Crippen LogP contribution in [0.3, 0.4) is 0 Å². The molecule has 11 nitrogen and oxygen atoms in total. The van der Waals surface area contributed by atoms with Gasteiger partial charge in [0.2, 0.25) is 5.91 Å². The smallest absolute Gasteiger partial charge is 0.264 e. The standard InChI is InChI=1S/C25H22ClF2N7O4S/c26-24-19(34-40(38,39)20-7-4-15(27)10-16(20)28)9-14(11-29-24)17-5-6-18-23(32-17)25(31-13-30-18)33-21-3-1-2-8-35(21)22(37)12-36/h4-7,9-11,13,21,34,36H,1-3,8,12H2,(H,30,31,33). The molecule has 4 aromatic rings. The molecule has 3 aromatic heterocycles.